The molecular formula is C26H20N2O2. The van der Waals surface area contributed by atoms with Gasteiger partial charge in [-0.2, -0.15) is 10.5 Å². The average molecular weight is 392 g/mol. The zero-order chi connectivity index (χ0) is 21.3. The number of ether oxygens (including phenoxy) is 2. The molecule has 3 rings (SSSR count). The van der Waals surface area contributed by atoms with Gasteiger partial charge in [-0.1, -0.05) is 48.5 Å². The number of methoxy groups -OCH3 is 2. The third-order valence-corrected chi connectivity index (χ3v) is 4.60. The minimum atomic E-state index is 0.546. The minimum Gasteiger partial charge on any atom is -0.497 e. The van der Waals surface area contributed by atoms with Crippen molar-refractivity contribution in [1.82, 2.24) is 0 Å². The Balaban J connectivity index is 1.85. The Morgan fingerprint density at radius 3 is 1.20 bits per heavy atom. The van der Waals surface area contributed by atoms with Crippen molar-refractivity contribution in [2.45, 2.75) is 0 Å². The van der Waals surface area contributed by atoms with Crippen molar-refractivity contribution >= 4 is 23.3 Å². The van der Waals surface area contributed by atoms with Crippen LogP contribution in [0.3, 0.4) is 0 Å². The molecule has 30 heavy (non-hydrogen) atoms. The van der Waals surface area contributed by atoms with Gasteiger partial charge in [0.15, 0.2) is 0 Å². The second-order valence-electron chi connectivity index (χ2n) is 6.46. The Hall–Kier alpha value is -4.28. The third-order valence-electron chi connectivity index (χ3n) is 4.60. The van der Waals surface area contributed by atoms with Gasteiger partial charge < -0.3 is 9.47 Å². The van der Waals surface area contributed by atoms with E-state index in [2.05, 4.69) is 12.1 Å². The fourth-order valence-corrected chi connectivity index (χ4v) is 2.92. The van der Waals surface area contributed by atoms with Crippen molar-refractivity contribution in [3.05, 3.63) is 95.1 Å². The van der Waals surface area contributed by atoms with Crippen LogP contribution in [0.15, 0.2) is 72.8 Å². The molecule has 0 atom stereocenters. The number of nitrogens with zero attached hydrogens (tertiary/aromatic N) is 2. The summed E-state index contributed by atoms with van der Waals surface area (Å²) in [6, 6.07) is 26.9. The number of allylic oxidation sites excluding steroid dienone is 2. The molecule has 4 nitrogen and oxygen atoms in total. The van der Waals surface area contributed by atoms with E-state index >= 15 is 0 Å². The van der Waals surface area contributed by atoms with Gasteiger partial charge in [-0.05, 0) is 58.7 Å². The summed E-state index contributed by atoms with van der Waals surface area (Å²) in [5.74, 6) is 1.53. The maximum atomic E-state index is 9.59. The van der Waals surface area contributed by atoms with E-state index in [-0.39, 0.29) is 0 Å². The van der Waals surface area contributed by atoms with E-state index < -0.39 is 0 Å². The quantitative estimate of drug-likeness (QED) is 0.391. The SMILES string of the molecule is COc1ccc(/C=C(\C#N)c2ccc(/C(C#N)=C\c3ccc(OC)cc3)cc2)cc1. The Labute approximate surface area is 176 Å². The fourth-order valence-electron chi connectivity index (χ4n) is 2.92. The highest BCUT2D eigenvalue weighted by molar-refractivity contribution is 5.92. The molecule has 0 N–H and O–H groups in total. The van der Waals surface area contributed by atoms with Gasteiger partial charge in [0.05, 0.1) is 37.5 Å². The first-order chi connectivity index (χ1) is 14.7. The predicted octanol–water partition coefficient (Wildman–Crippen LogP) is 5.83. The van der Waals surface area contributed by atoms with E-state index in [0.29, 0.717) is 11.1 Å². The van der Waals surface area contributed by atoms with E-state index in [9.17, 15) is 10.5 Å². The first-order valence-corrected chi connectivity index (χ1v) is 9.29. The van der Waals surface area contributed by atoms with E-state index in [1.54, 1.807) is 14.2 Å². The second kappa shape index (κ2) is 9.78. The van der Waals surface area contributed by atoms with E-state index in [0.717, 1.165) is 33.8 Å². The summed E-state index contributed by atoms with van der Waals surface area (Å²) < 4.78 is 10.3. The third kappa shape index (κ3) is 4.95. The summed E-state index contributed by atoms with van der Waals surface area (Å²) >= 11 is 0. The Morgan fingerprint density at radius 2 is 0.933 bits per heavy atom. The lowest BCUT2D eigenvalue weighted by atomic mass is 9.99. The molecule has 0 fully saturated rings. The molecule has 0 aromatic heterocycles. The maximum absolute atomic E-state index is 9.59. The molecule has 0 unspecified atom stereocenters. The normalized spacial score (nSPS) is 11.3. The number of nitriles is 2. The molecule has 0 radical (unpaired) electrons. The van der Waals surface area contributed by atoms with Crippen LogP contribution in [0.4, 0.5) is 0 Å². The summed E-state index contributed by atoms with van der Waals surface area (Å²) in [4.78, 5) is 0. The highest BCUT2D eigenvalue weighted by Gasteiger charge is 2.05. The highest BCUT2D eigenvalue weighted by Crippen LogP contribution is 2.24. The minimum absolute atomic E-state index is 0.546. The zero-order valence-electron chi connectivity index (χ0n) is 16.8. The lowest BCUT2D eigenvalue weighted by Gasteiger charge is -2.05. The lowest BCUT2D eigenvalue weighted by molar-refractivity contribution is 0.414. The molecule has 4 heteroatoms. The zero-order valence-corrected chi connectivity index (χ0v) is 16.8. The molecule has 0 saturated carbocycles. The molecule has 0 saturated heterocycles. The van der Waals surface area contributed by atoms with Crippen LogP contribution in [-0.4, -0.2) is 14.2 Å². The topological polar surface area (TPSA) is 66.0 Å². The van der Waals surface area contributed by atoms with Crippen LogP contribution in [0.25, 0.3) is 23.3 Å². The molecule has 146 valence electrons. The summed E-state index contributed by atoms with van der Waals surface area (Å²) in [5.41, 5.74) is 4.49. The number of rotatable bonds is 6. The van der Waals surface area contributed by atoms with Gasteiger partial charge in [-0.15, -0.1) is 0 Å². The summed E-state index contributed by atoms with van der Waals surface area (Å²) in [7, 11) is 3.23. The predicted molar refractivity (Wildman–Crippen MR) is 119 cm³/mol. The Kier molecular flexibility index (Phi) is 6.66. The van der Waals surface area contributed by atoms with Gasteiger partial charge in [0.2, 0.25) is 0 Å². The van der Waals surface area contributed by atoms with Crippen molar-refractivity contribution in [3.63, 3.8) is 0 Å². The van der Waals surface area contributed by atoms with Gasteiger partial charge in [0.25, 0.3) is 0 Å². The maximum Gasteiger partial charge on any atom is 0.118 e. The van der Waals surface area contributed by atoms with E-state index in [1.165, 1.54) is 0 Å². The van der Waals surface area contributed by atoms with Crippen LogP contribution < -0.4 is 9.47 Å². The van der Waals surface area contributed by atoms with Crippen LogP contribution in [0.5, 0.6) is 11.5 Å². The van der Waals surface area contributed by atoms with Gasteiger partial charge in [-0.3, -0.25) is 0 Å². The first kappa shape index (κ1) is 20.5. The van der Waals surface area contributed by atoms with Crippen LogP contribution >= 0.6 is 0 Å². The number of hydrogen-bond acceptors (Lipinski definition) is 4. The Bertz CT molecular complexity index is 1050. The molecule has 0 bridgehead atoms. The molecule has 0 spiro atoms. The summed E-state index contributed by atoms with van der Waals surface area (Å²) in [5, 5.41) is 19.2. The van der Waals surface area contributed by atoms with Crippen molar-refractivity contribution in [3.8, 4) is 23.6 Å². The number of hydrogen-bond donors (Lipinski definition) is 0. The molecule has 0 aliphatic heterocycles. The second-order valence-corrected chi connectivity index (χ2v) is 6.46. The molecule has 0 heterocycles. The van der Waals surface area contributed by atoms with Gasteiger partial charge in [0, 0.05) is 0 Å². The smallest absolute Gasteiger partial charge is 0.118 e. The van der Waals surface area contributed by atoms with Gasteiger partial charge in [-0.25, -0.2) is 0 Å². The lowest BCUT2D eigenvalue weighted by Crippen LogP contribution is -1.87. The Morgan fingerprint density at radius 1 is 0.600 bits per heavy atom. The number of benzene rings is 3. The summed E-state index contributed by atoms with van der Waals surface area (Å²) in [6.45, 7) is 0. The summed E-state index contributed by atoms with van der Waals surface area (Å²) in [6.07, 6.45) is 3.65. The van der Waals surface area contributed by atoms with Crippen LogP contribution in [0, 0.1) is 22.7 Å². The van der Waals surface area contributed by atoms with Crippen molar-refractivity contribution < 1.29 is 9.47 Å². The van der Waals surface area contributed by atoms with Crippen LogP contribution in [0.1, 0.15) is 22.3 Å². The molecule has 3 aromatic carbocycles. The van der Waals surface area contributed by atoms with Gasteiger partial charge in [0.1, 0.15) is 11.5 Å². The van der Waals surface area contributed by atoms with Gasteiger partial charge >= 0.3 is 0 Å². The monoisotopic (exact) mass is 392 g/mol. The highest BCUT2D eigenvalue weighted by atomic mass is 16.5. The van der Waals surface area contributed by atoms with Crippen LogP contribution in [0.2, 0.25) is 0 Å². The molecule has 0 aliphatic carbocycles. The van der Waals surface area contributed by atoms with E-state index in [4.69, 9.17) is 9.47 Å². The average Bonchev–Trinajstić information content (AvgIpc) is 2.82. The molecular weight excluding hydrogens is 372 g/mol. The van der Waals surface area contributed by atoms with E-state index in [1.807, 2.05) is 84.9 Å². The standard InChI is InChI=1S/C26H20N2O2/c1-29-25-11-3-19(4-12-25)15-23(17-27)21-7-9-22(10-8-21)24(18-28)16-20-5-13-26(30-2)14-6-20/h3-16H,1-2H3/b23-15-,24-16+. The largest absolute Gasteiger partial charge is 0.497 e. The first-order valence-electron chi connectivity index (χ1n) is 9.29. The molecule has 0 amide bonds. The van der Waals surface area contributed by atoms with Crippen molar-refractivity contribution in [2.75, 3.05) is 14.2 Å². The van der Waals surface area contributed by atoms with Crippen molar-refractivity contribution in [1.29, 1.82) is 10.5 Å². The molecule has 3 aromatic rings. The fraction of sp³-hybridized carbons (Fsp3) is 0.0769. The molecule has 0 aliphatic rings. The van der Waals surface area contributed by atoms with Crippen LogP contribution in [-0.2, 0) is 0 Å². The van der Waals surface area contributed by atoms with Crippen molar-refractivity contribution in [2.24, 2.45) is 0 Å².